The second-order valence-corrected chi connectivity index (χ2v) is 3.74. The molecule has 0 aromatic carbocycles. The van der Waals surface area contributed by atoms with E-state index in [0.717, 1.165) is 32.1 Å². The summed E-state index contributed by atoms with van der Waals surface area (Å²) in [5.74, 6) is 0.728. The van der Waals surface area contributed by atoms with E-state index in [9.17, 15) is 0 Å². The Kier molecular flexibility index (Phi) is 3.71. The summed E-state index contributed by atoms with van der Waals surface area (Å²) in [6.07, 6.45) is 0. The molecule has 1 fully saturated rings. The van der Waals surface area contributed by atoms with Gasteiger partial charge in [0.1, 0.15) is 5.82 Å². The number of nitrogens with one attached hydrogen (secondary N) is 2. The molecular weight excluding hydrogens is 216 g/mol. The van der Waals surface area contributed by atoms with Gasteiger partial charge in [0.05, 0.1) is 13.2 Å². The molecular formula is C9H13ClN4O. The molecule has 1 aliphatic heterocycles. The fourth-order valence-electron chi connectivity index (χ4n) is 1.39. The van der Waals surface area contributed by atoms with Crippen molar-refractivity contribution in [3.63, 3.8) is 0 Å². The summed E-state index contributed by atoms with van der Waals surface area (Å²) in [6.45, 7) is 3.19. The molecule has 0 spiro atoms. The van der Waals surface area contributed by atoms with Crippen LogP contribution in [0.2, 0.25) is 5.15 Å². The zero-order chi connectivity index (χ0) is 10.5. The van der Waals surface area contributed by atoms with Gasteiger partial charge in [-0.2, -0.15) is 0 Å². The van der Waals surface area contributed by atoms with Crippen molar-refractivity contribution in [1.29, 1.82) is 0 Å². The topological polar surface area (TPSA) is 59.1 Å². The molecule has 0 radical (unpaired) electrons. The molecule has 1 aromatic heterocycles. The third-order valence-electron chi connectivity index (χ3n) is 2.16. The van der Waals surface area contributed by atoms with Crippen molar-refractivity contribution in [2.75, 3.05) is 31.6 Å². The van der Waals surface area contributed by atoms with Crippen LogP contribution in [0.1, 0.15) is 0 Å². The van der Waals surface area contributed by atoms with E-state index in [1.54, 1.807) is 12.1 Å². The minimum atomic E-state index is 0.330. The first-order chi connectivity index (χ1) is 7.34. The van der Waals surface area contributed by atoms with Gasteiger partial charge in [-0.25, -0.2) is 0 Å². The van der Waals surface area contributed by atoms with Crippen molar-refractivity contribution in [3.05, 3.63) is 17.3 Å². The van der Waals surface area contributed by atoms with Crippen LogP contribution in [0.5, 0.6) is 0 Å². The van der Waals surface area contributed by atoms with E-state index in [1.165, 1.54) is 0 Å². The van der Waals surface area contributed by atoms with Gasteiger partial charge in [-0.1, -0.05) is 11.6 Å². The molecule has 6 heteroatoms. The molecule has 1 unspecified atom stereocenters. The van der Waals surface area contributed by atoms with E-state index in [2.05, 4.69) is 20.8 Å². The first-order valence-electron chi connectivity index (χ1n) is 4.89. The fourth-order valence-corrected chi connectivity index (χ4v) is 1.49. The Labute approximate surface area is 93.2 Å². The number of anilines is 1. The SMILES string of the molecule is Clc1ccc(NCC2COCCN2)nn1. The van der Waals surface area contributed by atoms with Crippen molar-refractivity contribution >= 4 is 17.4 Å². The summed E-state index contributed by atoms with van der Waals surface area (Å²) >= 11 is 5.63. The predicted molar refractivity (Wildman–Crippen MR) is 58.1 cm³/mol. The molecule has 82 valence electrons. The van der Waals surface area contributed by atoms with Gasteiger partial charge in [0.2, 0.25) is 0 Å². The monoisotopic (exact) mass is 228 g/mol. The van der Waals surface area contributed by atoms with Crippen LogP contribution >= 0.6 is 11.6 Å². The molecule has 1 aliphatic rings. The summed E-state index contributed by atoms with van der Waals surface area (Å²) < 4.78 is 5.33. The van der Waals surface area contributed by atoms with E-state index in [4.69, 9.17) is 16.3 Å². The highest BCUT2D eigenvalue weighted by molar-refractivity contribution is 6.29. The highest BCUT2D eigenvalue weighted by Crippen LogP contribution is 2.06. The first kappa shape index (κ1) is 10.6. The quantitative estimate of drug-likeness (QED) is 0.791. The number of ether oxygens (including phenoxy) is 1. The molecule has 1 saturated heterocycles. The van der Waals surface area contributed by atoms with Crippen LogP contribution in [-0.4, -0.2) is 42.5 Å². The molecule has 15 heavy (non-hydrogen) atoms. The largest absolute Gasteiger partial charge is 0.378 e. The standard InChI is InChI=1S/C9H13ClN4O/c10-8-1-2-9(14-13-8)12-5-7-6-15-4-3-11-7/h1-2,7,11H,3-6H2,(H,12,14). The highest BCUT2D eigenvalue weighted by atomic mass is 35.5. The predicted octanol–water partition coefficient (Wildman–Crippen LogP) is 0.530. The Bertz CT molecular complexity index is 299. The lowest BCUT2D eigenvalue weighted by Gasteiger charge is -2.23. The van der Waals surface area contributed by atoms with Crippen LogP contribution in [0.15, 0.2) is 12.1 Å². The lowest BCUT2D eigenvalue weighted by Crippen LogP contribution is -2.45. The van der Waals surface area contributed by atoms with Gasteiger partial charge < -0.3 is 15.4 Å². The second kappa shape index (κ2) is 5.25. The Morgan fingerprint density at radius 3 is 3.13 bits per heavy atom. The van der Waals surface area contributed by atoms with Crippen molar-refractivity contribution in [2.45, 2.75) is 6.04 Å². The van der Waals surface area contributed by atoms with Crippen LogP contribution in [-0.2, 0) is 4.74 Å². The zero-order valence-electron chi connectivity index (χ0n) is 8.24. The lowest BCUT2D eigenvalue weighted by atomic mass is 10.3. The summed E-state index contributed by atoms with van der Waals surface area (Å²) in [4.78, 5) is 0. The lowest BCUT2D eigenvalue weighted by molar-refractivity contribution is 0.0806. The minimum Gasteiger partial charge on any atom is -0.378 e. The van der Waals surface area contributed by atoms with Crippen molar-refractivity contribution in [1.82, 2.24) is 15.5 Å². The van der Waals surface area contributed by atoms with Crippen molar-refractivity contribution in [2.24, 2.45) is 0 Å². The van der Waals surface area contributed by atoms with Crippen LogP contribution in [0.4, 0.5) is 5.82 Å². The van der Waals surface area contributed by atoms with Crippen LogP contribution in [0, 0.1) is 0 Å². The maximum Gasteiger partial charge on any atom is 0.151 e. The van der Waals surface area contributed by atoms with Crippen molar-refractivity contribution < 1.29 is 4.74 Å². The van der Waals surface area contributed by atoms with Gasteiger partial charge in [-0.05, 0) is 12.1 Å². The van der Waals surface area contributed by atoms with Crippen LogP contribution in [0.3, 0.4) is 0 Å². The molecule has 0 saturated carbocycles. The molecule has 2 heterocycles. The molecule has 0 bridgehead atoms. The number of halogens is 1. The molecule has 1 aromatic rings. The van der Waals surface area contributed by atoms with E-state index in [0.29, 0.717) is 11.2 Å². The third kappa shape index (κ3) is 3.30. The number of aromatic nitrogens is 2. The van der Waals surface area contributed by atoms with Gasteiger partial charge in [0.15, 0.2) is 5.15 Å². The maximum atomic E-state index is 5.63. The number of hydrogen-bond acceptors (Lipinski definition) is 5. The van der Waals surface area contributed by atoms with Gasteiger partial charge >= 0.3 is 0 Å². The summed E-state index contributed by atoms with van der Waals surface area (Å²) in [5.41, 5.74) is 0. The van der Waals surface area contributed by atoms with Gasteiger partial charge in [0.25, 0.3) is 0 Å². The Morgan fingerprint density at radius 2 is 2.47 bits per heavy atom. The minimum absolute atomic E-state index is 0.330. The smallest absolute Gasteiger partial charge is 0.151 e. The number of nitrogens with zero attached hydrogens (tertiary/aromatic N) is 2. The summed E-state index contributed by atoms with van der Waals surface area (Å²) in [5, 5.41) is 14.6. The normalized spacial score (nSPS) is 21.3. The zero-order valence-corrected chi connectivity index (χ0v) is 9.00. The highest BCUT2D eigenvalue weighted by Gasteiger charge is 2.12. The Balaban J connectivity index is 1.79. The second-order valence-electron chi connectivity index (χ2n) is 3.35. The fraction of sp³-hybridized carbons (Fsp3) is 0.556. The van der Waals surface area contributed by atoms with Crippen molar-refractivity contribution in [3.8, 4) is 0 Å². The maximum absolute atomic E-state index is 5.63. The third-order valence-corrected chi connectivity index (χ3v) is 2.36. The number of morpholine rings is 1. The van der Waals surface area contributed by atoms with Crippen LogP contribution < -0.4 is 10.6 Å². The summed E-state index contributed by atoms with van der Waals surface area (Å²) in [7, 11) is 0. The average molecular weight is 229 g/mol. The average Bonchev–Trinajstić information content (AvgIpc) is 2.30. The van der Waals surface area contributed by atoms with E-state index in [-0.39, 0.29) is 0 Å². The van der Waals surface area contributed by atoms with E-state index >= 15 is 0 Å². The van der Waals surface area contributed by atoms with E-state index < -0.39 is 0 Å². The number of rotatable bonds is 3. The summed E-state index contributed by atoms with van der Waals surface area (Å²) in [6, 6.07) is 3.84. The number of hydrogen-bond donors (Lipinski definition) is 2. The van der Waals surface area contributed by atoms with Gasteiger partial charge in [-0.15, -0.1) is 10.2 Å². The molecule has 1 atom stereocenters. The molecule has 0 aliphatic carbocycles. The molecule has 2 N–H and O–H groups in total. The van der Waals surface area contributed by atoms with Crippen LogP contribution in [0.25, 0.3) is 0 Å². The Morgan fingerprint density at radius 1 is 1.53 bits per heavy atom. The van der Waals surface area contributed by atoms with Gasteiger partial charge in [-0.3, -0.25) is 0 Å². The molecule has 0 amide bonds. The van der Waals surface area contributed by atoms with E-state index in [1.807, 2.05) is 0 Å². The first-order valence-corrected chi connectivity index (χ1v) is 5.26. The Hall–Kier alpha value is -0.910. The van der Waals surface area contributed by atoms with Gasteiger partial charge in [0, 0.05) is 19.1 Å². The molecule has 2 rings (SSSR count). The molecule has 5 nitrogen and oxygen atoms in total.